The quantitative estimate of drug-likeness (QED) is 0.0594. The van der Waals surface area contributed by atoms with Crippen molar-refractivity contribution in [1.29, 1.82) is 0 Å². The molecule has 0 heterocycles. The van der Waals surface area contributed by atoms with Gasteiger partial charge in [0.2, 0.25) is 0 Å². The zero-order chi connectivity index (χ0) is 29.6. The lowest BCUT2D eigenvalue weighted by Gasteiger charge is -2.22. The number of hydrogen-bond acceptors (Lipinski definition) is 8. The van der Waals surface area contributed by atoms with E-state index < -0.39 is 24.1 Å². The Balaban J connectivity index is 1.99. The van der Waals surface area contributed by atoms with Crippen molar-refractivity contribution in [3.63, 3.8) is 0 Å². The number of carbonyl (C=O) groups is 2. The van der Waals surface area contributed by atoms with Crippen LogP contribution in [0.4, 0.5) is 0 Å². The highest BCUT2D eigenvalue weighted by atomic mass is 35.5. The number of halogens is 1. The minimum absolute atomic E-state index is 0.00273. The minimum Gasteiger partial charge on any atom is -0.488 e. The molecule has 0 saturated heterocycles. The number of esters is 2. The predicted molar refractivity (Wildman–Crippen MR) is 160 cm³/mol. The second-order valence-corrected chi connectivity index (χ2v) is 9.13. The van der Waals surface area contributed by atoms with Crippen LogP contribution in [0.5, 0.6) is 11.5 Å². The molecule has 0 aliphatic heterocycles. The van der Waals surface area contributed by atoms with Crippen molar-refractivity contribution in [1.82, 2.24) is 0 Å². The third kappa shape index (κ3) is 8.94. The Hall–Kier alpha value is -4.11. The van der Waals surface area contributed by atoms with E-state index in [1.807, 2.05) is 30.3 Å². The van der Waals surface area contributed by atoms with Crippen molar-refractivity contribution in [2.45, 2.75) is 12.2 Å². The maximum absolute atomic E-state index is 11.9. The average molecular weight is 581 g/mol. The van der Waals surface area contributed by atoms with Gasteiger partial charge < -0.3 is 28.4 Å². The summed E-state index contributed by atoms with van der Waals surface area (Å²) in [5, 5.41) is 3.37. The number of carbonyl (C=O) groups excluding carboxylic acids is 2. The van der Waals surface area contributed by atoms with Crippen molar-refractivity contribution in [2.24, 2.45) is 0 Å². The van der Waals surface area contributed by atoms with Gasteiger partial charge in [0.05, 0.1) is 26.4 Å². The maximum Gasteiger partial charge on any atom is 0.330 e. The fraction of sp³-hybridized carbons (Fsp3) is 0.250. The number of benzene rings is 3. The molecule has 0 amide bonds. The first-order valence-electron chi connectivity index (χ1n) is 12.8. The second kappa shape index (κ2) is 16.2. The van der Waals surface area contributed by atoms with Crippen LogP contribution in [0, 0.1) is 0 Å². The minimum atomic E-state index is -0.708. The molecule has 3 aromatic rings. The molecule has 0 radical (unpaired) electrons. The topological polar surface area (TPSA) is 89.5 Å². The molecule has 2 atom stereocenters. The predicted octanol–water partition coefficient (Wildman–Crippen LogP) is 6.00. The van der Waals surface area contributed by atoms with Crippen molar-refractivity contribution >= 4 is 45.1 Å². The Labute approximate surface area is 244 Å². The van der Waals surface area contributed by atoms with Crippen LogP contribution in [0.2, 0.25) is 5.02 Å². The molecule has 0 spiro atoms. The van der Waals surface area contributed by atoms with E-state index in [0.29, 0.717) is 33.9 Å². The number of hydrogen-bond donors (Lipinski definition) is 0. The molecule has 0 saturated carbocycles. The molecule has 0 aliphatic carbocycles. The lowest BCUT2D eigenvalue weighted by molar-refractivity contribution is -0.148. The Morgan fingerprint density at radius 3 is 1.61 bits per heavy atom. The summed E-state index contributed by atoms with van der Waals surface area (Å²) in [5.74, 6) is -0.106. The zero-order valence-corrected chi connectivity index (χ0v) is 23.5. The maximum atomic E-state index is 11.9. The van der Waals surface area contributed by atoms with Crippen LogP contribution in [0.25, 0.3) is 21.5 Å². The smallest absolute Gasteiger partial charge is 0.330 e. The zero-order valence-electron chi connectivity index (χ0n) is 22.7. The molecule has 3 rings (SSSR count). The Kier molecular flexibility index (Phi) is 12.4. The highest BCUT2D eigenvalue weighted by Gasteiger charge is 2.22. The van der Waals surface area contributed by atoms with Gasteiger partial charge in [-0.1, -0.05) is 61.2 Å². The molecule has 0 aromatic heterocycles. The van der Waals surface area contributed by atoms with Gasteiger partial charge in [-0.25, -0.2) is 9.59 Å². The van der Waals surface area contributed by atoms with E-state index in [1.54, 1.807) is 24.3 Å². The fourth-order valence-electron chi connectivity index (χ4n) is 3.96. The summed E-state index contributed by atoms with van der Waals surface area (Å²) in [4.78, 5) is 23.8. The van der Waals surface area contributed by atoms with E-state index in [0.717, 1.165) is 22.9 Å². The summed E-state index contributed by atoms with van der Waals surface area (Å²) in [5.41, 5.74) is 0. The summed E-state index contributed by atoms with van der Waals surface area (Å²) in [6, 6.07) is 12.9. The SMILES string of the molecule is C=CCOCC(COc1c2ccccc2c(OCC(COCC=C)OC(=O)C=C)c2cc(Cl)ccc12)OC(=O)C=C. The molecule has 41 heavy (non-hydrogen) atoms. The largest absolute Gasteiger partial charge is 0.488 e. The standard InChI is InChI=1S/C32H33ClO8/c1-5-15-36-18-23(40-29(34)7-3)20-38-31-25-11-9-10-12-26(25)32(28-17-22(33)13-14-27(28)31)39-21-24(19-37-16-6-2)41-30(35)8-4/h5-14,17,23-24H,1-4,15-16,18-21H2. The summed E-state index contributed by atoms with van der Waals surface area (Å²) in [7, 11) is 0. The average Bonchev–Trinajstić information content (AvgIpc) is 2.98. The van der Waals surface area contributed by atoms with Gasteiger partial charge in [0, 0.05) is 38.7 Å². The third-order valence-corrected chi connectivity index (χ3v) is 5.93. The summed E-state index contributed by atoms with van der Waals surface area (Å²) in [6.45, 7) is 15.0. The summed E-state index contributed by atoms with van der Waals surface area (Å²) < 4.78 is 34.5. The molecular weight excluding hydrogens is 548 g/mol. The monoisotopic (exact) mass is 580 g/mol. The molecule has 0 aliphatic rings. The van der Waals surface area contributed by atoms with Gasteiger partial charge in [-0.2, -0.15) is 0 Å². The summed E-state index contributed by atoms with van der Waals surface area (Å²) in [6.07, 6.45) is 3.96. The summed E-state index contributed by atoms with van der Waals surface area (Å²) >= 11 is 6.40. The van der Waals surface area contributed by atoms with Gasteiger partial charge >= 0.3 is 11.9 Å². The molecular formula is C32H33ClO8. The Morgan fingerprint density at radius 2 is 1.15 bits per heavy atom. The van der Waals surface area contributed by atoms with E-state index in [-0.39, 0.29) is 33.0 Å². The Bertz CT molecular complexity index is 1400. The lowest BCUT2D eigenvalue weighted by atomic mass is 10.0. The van der Waals surface area contributed by atoms with E-state index in [9.17, 15) is 9.59 Å². The number of ether oxygens (including phenoxy) is 6. The van der Waals surface area contributed by atoms with Crippen molar-refractivity contribution in [2.75, 3.05) is 39.6 Å². The van der Waals surface area contributed by atoms with Crippen molar-refractivity contribution in [3.05, 3.63) is 98.1 Å². The molecule has 8 nitrogen and oxygen atoms in total. The van der Waals surface area contributed by atoms with Gasteiger partial charge in [0.25, 0.3) is 0 Å². The van der Waals surface area contributed by atoms with Crippen LogP contribution < -0.4 is 9.47 Å². The van der Waals surface area contributed by atoms with Gasteiger partial charge in [0.1, 0.15) is 24.7 Å². The van der Waals surface area contributed by atoms with Crippen molar-refractivity contribution in [3.8, 4) is 11.5 Å². The van der Waals surface area contributed by atoms with Crippen LogP contribution in [-0.2, 0) is 28.5 Å². The third-order valence-electron chi connectivity index (χ3n) is 5.69. The number of fused-ring (bicyclic) bond motifs is 2. The van der Waals surface area contributed by atoms with Crippen LogP contribution in [0.3, 0.4) is 0 Å². The van der Waals surface area contributed by atoms with E-state index >= 15 is 0 Å². The number of rotatable bonds is 18. The van der Waals surface area contributed by atoms with Crippen LogP contribution in [0.15, 0.2) is 93.1 Å². The molecule has 2 unspecified atom stereocenters. The molecule has 0 N–H and O–H groups in total. The lowest BCUT2D eigenvalue weighted by Crippen LogP contribution is -2.29. The molecule has 3 aromatic carbocycles. The molecule has 216 valence electrons. The van der Waals surface area contributed by atoms with E-state index in [4.69, 9.17) is 40.0 Å². The highest BCUT2D eigenvalue weighted by Crippen LogP contribution is 2.43. The first kappa shape index (κ1) is 31.4. The van der Waals surface area contributed by atoms with Crippen molar-refractivity contribution < 1.29 is 38.0 Å². The van der Waals surface area contributed by atoms with Gasteiger partial charge in [-0.15, -0.1) is 13.2 Å². The van der Waals surface area contributed by atoms with Gasteiger partial charge in [-0.05, 0) is 18.2 Å². The first-order valence-corrected chi connectivity index (χ1v) is 13.2. The van der Waals surface area contributed by atoms with E-state index in [2.05, 4.69) is 26.3 Å². The molecule has 9 heteroatoms. The van der Waals surface area contributed by atoms with Crippen LogP contribution >= 0.6 is 11.6 Å². The van der Waals surface area contributed by atoms with Gasteiger partial charge in [-0.3, -0.25) is 0 Å². The molecule has 0 bridgehead atoms. The van der Waals surface area contributed by atoms with Crippen LogP contribution in [-0.4, -0.2) is 63.8 Å². The van der Waals surface area contributed by atoms with Gasteiger partial charge in [0.15, 0.2) is 12.2 Å². The Morgan fingerprint density at radius 1 is 0.683 bits per heavy atom. The fourth-order valence-corrected chi connectivity index (χ4v) is 4.13. The molecule has 0 fully saturated rings. The van der Waals surface area contributed by atoms with Crippen LogP contribution in [0.1, 0.15) is 0 Å². The highest BCUT2D eigenvalue weighted by molar-refractivity contribution is 6.31. The normalized spacial score (nSPS) is 12.2. The first-order chi connectivity index (χ1) is 19.9. The second-order valence-electron chi connectivity index (χ2n) is 8.69. The van der Waals surface area contributed by atoms with E-state index in [1.165, 1.54) is 0 Å².